The quantitative estimate of drug-likeness (QED) is 0.766. The third kappa shape index (κ3) is 3.44. The zero-order chi connectivity index (χ0) is 19.2. The molecule has 2 unspecified atom stereocenters. The third-order valence-corrected chi connectivity index (χ3v) is 8.45. The van der Waals surface area contributed by atoms with Gasteiger partial charge in [-0.25, -0.2) is 0 Å². The highest BCUT2D eigenvalue weighted by atomic mass is 35.5. The van der Waals surface area contributed by atoms with Gasteiger partial charge in [-0.15, -0.1) is 0 Å². The Morgan fingerprint density at radius 3 is 2.43 bits per heavy atom. The molecule has 3 nitrogen and oxygen atoms in total. The smallest absolute Gasteiger partial charge is 0.139 e. The van der Waals surface area contributed by atoms with Crippen molar-refractivity contribution in [1.29, 1.82) is 0 Å². The lowest BCUT2D eigenvalue weighted by atomic mass is 9.42. The number of carbonyl (C=O) groups is 1. The Hall–Kier alpha value is -0.900. The van der Waals surface area contributed by atoms with Gasteiger partial charge in [0.15, 0.2) is 0 Å². The van der Waals surface area contributed by atoms with Crippen LogP contribution in [0.5, 0.6) is 0 Å². The second-order valence-electron chi connectivity index (χ2n) is 10.1. The largest absolute Gasteiger partial charge is 0.314 e. The Kier molecular flexibility index (Phi) is 5.05. The summed E-state index contributed by atoms with van der Waals surface area (Å²) in [4.78, 5) is 16.0. The van der Waals surface area contributed by atoms with Gasteiger partial charge in [0.05, 0.1) is 0 Å². The van der Waals surface area contributed by atoms with Gasteiger partial charge in [-0.3, -0.25) is 4.79 Å². The van der Waals surface area contributed by atoms with E-state index in [0.29, 0.717) is 5.78 Å². The number of benzene rings is 1. The number of rotatable bonds is 6. The zero-order valence-electron chi connectivity index (χ0n) is 16.9. The monoisotopic (exact) mass is 400 g/mol. The second kappa shape index (κ2) is 7.41. The summed E-state index contributed by atoms with van der Waals surface area (Å²) in [6, 6.07) is 8.55. The second-order valence-corrected chi connectivity index (χ2v) is 10.6. The lowest BCUT2D eigenvalue weighted by Crippen LogP contribution is -2.56. The van der Waals surface area contributed by atoms with E-state index in [-0.39, 0.29) is 10.8 Å². The molecule has 1 saturated heterocycles. The first-order valence-electron chi connectivity index (χ1n) is 11.3. The molecule has 1 aromatic rings. The molecule has 5 aliphatic rings. The molecule has 4 saturated carbocycles. The number of hydrogen-bond acceptors (Lipinski definition) is 3. The van der Waals surface area contributed by atoms with E-state index in [9.17, 15) is 4.79 Å². The zero-order valence-corrected chi connectivity index (χ0v) is 17.6. The standard InChI is InChI=1S/C24H33ClN2O/c25-21-5-3-20(4-6-21)23-13-18-12-19(14-23)16-24(15-18,17-23)22(28)2-1-9-27-10-7-26-8-11-27/h3-6,18-19,26H,1-2,7-17H2. The molecule has 2 atom stereocenters. The molecule has 4 bridgehead atoms. The van der Waals surface area contributed by atoms with Crippen LogP contribution in [-0.2, 0) is 10.2 Å². The van der Waals surface area contributed by atoms with Gasteiger partial charge in [0.25, 0.3) is 0 Å². The topological polar surface area (TPSA) is 32.3 Å². The summed E-state index contributed by atoms with van der Waals surface area (Å²) >= 11 is 6.16. The molecule has 0 radical (unpaired) electrons. The Labute approximate surface area is 174 Å². The molecule has 1 heterocycles. The molecule has 1 N–H and O–H groups in total. The number of hydrogen-bond donors (Lipinski definition) is 1. The van der Waals surface area contributed by atoms with Gasteiger partial charge in [-0.05, 0) is 86.4 Å². The van der Waals surface area contributed by atoms with Crippen molar-refractivity contribution >= 4 is 17.4 Å². The van der Waals surface area contributed by atoms with Gasteiger partial charge < -0.3 is 10.2 Å². The van der Waals surface area contributed by atoms with Crippen molar-refractivity contribution < 1.29 is 4.79 Å². The maximum atomic E-state index is 13.5. The number of halogens is 1. The number of piperazine rings is 1. The maximum Gasteiger partial charge on any atom is 0.139 e. The maximum absolute atomic E-state index is 13.5. The van der Waals surface area contributed by atoms with Crippen LogP contribution >= 0.6 is 11.6 Å². The fraction of sp³-hybridized carbons (Fsp3) is 0.708. The summed E-state index contributed by atoms with van der Waals surface area (Å²) in [7, 11) is 0. The average Bonchev–Trinajstić information content (AvgIpc) is 2.68. The Balaban J connectivity index is 1.30. The van der Waals surface area contributed by atoms with Crippen LogP contribution in [0.15, 0.2) is 24.3 Å². The van der Waals surface area contributed by atoms with Crippen LogP contribution in [0, 0.1) is 17.3 Å². The number of Topliss-reactive ketones (excluding diaryl/α,β-unsaturated/α-hetero) is 1. The first-order chi connectivity index (χ1) is 13.6. The highest BCUT2D eigenvalue weighted by Gasteiger charge is 2.60. The Bertz CT molecular complexity index is 711. The van der Waals surface area contributed by atoms with Crippen molar-refractivity contribution in [1.82, 2.24) is 10.2 Å². The molecule has 28 heavy (non-hydrogen) atoms. The van der Waals surface area contributed by atoms with Crippen LogP contribution in [0.25, 0.3) is 0 Å². The van der Waals surface area contributed by atoms with Gasteiger partial charge in [-0.1, -0.05) is 23.7 Å². The minimum atomic E-state index is -0.0346. The molecule has 4 heteroatoms. The minimum Gasteiger partial charge on any atom is -0.314 e. The number of nitrogens with zero attached hydrogens (tertiary/aromatic N) is 1. The molecule has 152 valence electrons. The van der Waals surface area contributed by atoms with E-state index in [1.165, 1.54) is 24.8 Å². The normalized spacial score (nSPS) is 37.3. The van der Waals surface area contributed by atoms with E-state index in [4.69, 9.17) is 11.6 Å². The lowest BCUT2D eigenvalue weighted by molar-refractivity contribution is -0.147. The van der Waals surface area contributed by atoms with Crippen molar-refractivity contribution in [3.63, 3.8) is 0 Å². The van der Waals surface area contributed by atoms with Crippen molar-refractivity contribution in [2.75, 3.05) is 32.7 Å². The first kappa shape index (κ1) is 19.1. The molecule has 6 rings (SSSR count). The van der Waals surface area contributed by atoms with Crippen molar-refractivity contribution in [2.24, 2.45) is 17.3 Å². The van der Waals surface area contributed by atoms with Gasteiger partial charge in [0.1, 0.15) is 5.78 Å². The third-order valence-electron chi connectivity index (χ3n) is 8.20. The predicted molar refractivity (Wildman–Crippen MR) is 114 cm³/mol. The van der Waals surface area contributed by atoms with Crippen LogP contribution < -0.4 is 5.32 Å². The summed E-state index contributed by atoms with van der Waals surface area (Å²) in [5, 5.41) is 4.22. The number of nitrogens with one attached hydrogen (secondary N) is 1. The minimum absolute atomic E-state index is 0.0346. The molecular weight excluding hydrogens is 368 g/mol. The fourth-order valence-corrected chi connectivity index (χ4v) is 7.52. The van der Waals surface area contributed by atoms with E-state index in [2.05, 4.69) is 22.3 Å². The van der Waals surface area contributed by atoms with E-state index >= 15 is 0 Å². The molecule has 5 fully saturated rings. The van der Waals surface area contributed by atoms with Crippen LogP contribution in [0.1, 0.15) is 56.9 Å². The molecule has 4 aliphatic carbocycles. The summed E-state index contributed by atoms with van der Waals surface area (Å²) in [5.41, 5.74) is 1.62. The summed E-state index contributed by atoms with van der Waals surface area (Å²) < 4.78 is 0. The summed E-state index contributed by atoms with van der Waals surface area (Å²) in [6.07, 6.45) is 9.12. The van der Waals surface area contributed by atoms with Crippen LogP contribution in [-0.4, -0.2) is 43.4 Å². The van der Waals surface area contributed by atoms with E-state index < -0.39 is 0 Å². The molecule has 0 spiro atoms. The van der Waals surface area contributed by atoms with E-state index in [1.807, 2.05) is 12.1 Å². The summed E-state index contributed by atoms with van der Waals surface area (Å²) in [6.45, 7) is 5.51. The van der Waals surface area contributed by atoms with Crippen molar-refractivity contribution in [3.8, 4) is 0 Å². The Morgan fingerprint density at radius 1 is 1.07 bits per heavy atom. The molecular formula is C24H33ClN2O. The van der Waals surface area contributed by atoms with Crippen LogP contribution in [0.3, 0.4) is 0 Å². The SMILES string of the molecule is O=C(CCCN1CCNCC1)C12CC3CC(C1)CC(c1ccc(Cl)cc1)(C3)C2. The van der Waals surface area contributed by atoms with E-state index in [0.717, 1.165) is 81.7 Å². The highest BCUT2D eigenvalue weighted by molar-refractivity contribution is 6.30. The first-order valence-corrected chi connectivity index (χ1v) is 11.7. The molecule has 0 amide bonds. The Morgan fingerprint density at radius 2 is 1.75 bits per heavy atom. The highest BCUT2D eigenvalue weighted by Crippen LogP contribution is 2.66. The molecule has 1 aliphatic heterocycles. The summed E-state index contributed by atoms with van der Waals surface area (Å²) in [5.74, 6) is 2.07. The molecule has 0 aromatic heterocycles. The van der Waals surface area contributed by atoms with Gasteiger partial charge in [-0.2, -0.15) is 0 Å². The number of carbonyl (C=O) groups excluding carboxylic acids is 1. The van der Waals surface area contributed by atoms with Gasteiger partial charge >= 0.3 is 0 Å². The molecule has 1 aromatic carbocycles. The van der Waals surface area contributed by atoms with E-state index in [1.54, 1.807) is 0 Å². The lowest BCUT2D eigenvalue weighted by Gasteiger charge is -2.62. The predicted octanol–water partition coefficient (Wildman–Crippen LogP) is 4.43. The van der Waals surface area contributed by atoms with Crippen molar-refractivity contribution in [2.45, 2.75) is 56.8 Å². The van der Waals surface area contributed by atoms with Gasteiger partial charge in [0.2, 0.25) is 0 Å². The van der Waals surface area contributed by atoms with Gasteiger partial charge in [0, 0.05) is 43.0 Å². The fourth-order valence-electron chi connectivity index (χ4n) is 7.39. The van der Waals surface area contributed by atoms with Crippen LogP contribution in [0.2, 0.25) is 5.02 Å². The van der Waals surface area contributed by atoms with Crippen LogP contribution in [0.4, 0.5) is 0 Å². The van der Waals surface area contributed by atoms with Crippen molar-refractivity contribution in [3.05, 3.63) is 34.9 Å². The number of ketones is 1. The average molecular weight is 401 g/mol.